The number of benzene rings is 1. The molecule has 0 aliphatic carbocycles. The topological polar surface area (TPSA) is 56.8 Å². The highest BCUT2D eigenvalue weighted by Gasteiger charge is 2.38. The van der Waals surface area contributed by atoms with Crippen LogP contribution in [-0.4, -0.2) is 65.9 Å². The first kappa shape index (κ1) is 21.8. The minimum Gasteiger partial charge on any atom is -0.342 e. The predicted octanol–water partition coefficient (Wildman–Crippen LogP) is 3.25. The molecule has 2 aliphatic heterocycles. The molecule has 1 unspecified atom stereocenters. The summed E-state index contributed by atoms with van der Waals surface area (Å²) in [5.74, 6) is -0.234. The maximum atomic E-state index is 13.1. The van der Waals surface area contributed by atoms with Crippen molar-refractivity contribution in [3.63, 3.8) is 0 Å². The number of carbonyl (C=O) groups excluding carboxylic acids is 2. The molecule has 0 spiro atoms. The van der Waals surface area contributed by atoms with Gasteiger partial charge in [-0.3, -0.25) is 14.6 Å². The van der Waals surface area contributed by atoms with Gasteiger partial charge < -0.3 is 14.7 Å². The fraction of sp³-hybridized carbons (Fsp3) is 0.458. The second-order valence-electron chi connectivity index (χ2n) is 8.48. The number of hydrogen-bond acceptors (Lipinski definition) is 4. The number of carbonyl (C=O) groups is 2. The molecule has 2 amide bonds. The van der Waals surface area contributed by atoms with Gasteiger partial charge in [0.25, 0.3) is 0 Å². The Kier molecular flexibility index (Phi) is 6.88. The number of halogens is 1. The van der Waals surface area contributed by atoms with Crippen LogP contribution in [0.2, 0.25) is 5.02 Å². The highest BCUT2D eigenvalue weighted by atomic mass is 35.5. The summed E-state index contributed by atoms with van der Waals surface area (Å²) in [7, 11) is 1.89. The normalized spacial score (nSPS) is 20.3. The molecule has 1 aromatic carbocycles. The number of amides is 2. The van der Waals surface area contributed by atoms with Gasteiger partial charge in [0.2, 0.25) is 11.8 Å². The minimum absolute atomic E-state index is 0.0154. The van der Waals surface area contributed by atoms with E-state index in [0.717, 1.165) is 50.3 Å². The van der Waals surface area contributed by atoms with Gasteiger partial charge in [-0.1, -0.05) is 23.7 Å². The van der Waals surface area contributed by atoms with E-state index in [1.807, 2.05) is 42.4 Å². The Morgan fingerprint density at radius 3 is 2.71 bits per heavy atom. The van der Waals surface area contributed by atoms with Crippen molar-refractivity contribution < 1.29 is 9.59 Å². The Morgan fingerprint density at radius 2 is 2.00 bits per heavy atom. The van der Waals surface area contributed by atoms with Crippen LogP contribution in [0.5, 0.6) is 0 Å². The number of hydrogen-bond donors (Lipinski definition) is 0. The summed E-state index contributed by atoms with van der Waals surface area (Å²) in [6, 6.07) is 13.5. The molecule has 4 rings (SSSR count). The minimum atomic E-state index is -0.293. The van der Waals surface area contributed by atoms with Gasteiger partial charge in [0, 0.05) is 74.7 Å². The Labute approximate surface area is 188 Å². The number of pyridine rings is 1. The zero-order valence-corrected chi connectivity index (χ0v) is 18.7. The number of piperidine rings is 1. The van der Waals surface area contributed by atoms with Crippen LogP contribution >= 0.6 is 11.6 Å². The maximum absolute atomic E-state index is 13.1. The van der Waals surface area contributed by atoms with Crippen LogP contribution in [0.4, 0.5) is 5.69 Å². The summed E-state index contributed by atoms with van der Waals surface area (Å²) >= 11 is 6.07. The highest BCUT2D eigenvalue weighted by molar-refractivity contribution is 6.31. The highest BCUT2D eigenvalue weighted by Crippen LogP contribution is 2.29. The lowest BCUT2D eigenvalue weighted by Gasteiger charge is -2.37. The Balaban J connectivity index is 1.27. The van der Waals surface area contributed by atoms with Gasteiger partial charge in [0.05, 0.1) is 5.92 Å². The molecule has 2 aliphatic rings. The van der Waals surface area contributed by atoms with E-state index in [4.69, 9.17) is 11.6 Å². The first-order chi connectivity index (χ1) is 15.0. The molecule has 164 valence electrons. The molecule has 0 bridgehead atoms. The fourth-order valence-electron chi connectivity index (χ4n) is 4.58. The number of anilines is 1. The van der Waals surface area contributed by atoms with Crippen molar-refractivity contribution in [2.75, 3.05) is 38.1 Å². The van der Waals surface area contributed by atoms with Crippen molar-refractivity contribution in [3.05, 3.63) is 59.4 Å². The van der Waals surface area contributed by atoms with E-state index in [9.17, 15) is 9.59 Å². The van der Waals surface area contributed by atoms with Crippen LogP contribution in [0, 0.1) is 5.92 Å². The van der Waals surface area contributed by atoms with Gasteiger partial charge in [-0.05, 0) is 43.2 Å². The summed E-state index contributed by atoms with van der Waals surface area (Å²) < 4.78 is 0. The molecular weight excluding hydrogens is 412 g/mol. The third-order valence-corrected chi connectivity index (χ3v) is 6.69. The van der Waals surface area contributed by atoms with Crippen LogP contribution in [0.1, 0.15) is 25.0 Å². The number of aromatic nitrogens is 1. The molecular formula is C24H29ClN4O2. The van der Waals surface area contributed by atoms with Crippen molar-refractivity contribution in [1.29, 1.82) is 0 Å². The molecule has 2 fully saturated rings. The van der Waals surface area contributed by atoms with E-state index in [-0.39, 0.29) is 30.2 Å². The van der Waals surface area contributed by atoms with Crippen LogP contribution in [-0.2, 0) is 16.0 Å². The second-order valence-corrected chi connectivity index (χ2v) is 8.91. The average Bonchev–Trinajstić information content (AvgIpc) is 3.19. The molecule has 3 heterocycles. The molecule has 2 saturated heterocycles. The van der Waals surface area contributed by atoms with E-state index in [2.05, 4.69) is 16.0 Å². The van der Waals surface area contributed by atoms with Crippen molar-refractivity contribution >= 4 is 29.1 Å². The predicted molar refractivity (Wildman–Crippen MR) is 122 cm³/mol. The molecule has 0 saturated carbocycles. The lowest BCUT2D eigenvalue weighted by atomic mass is 10.00. The number of nitrogens with zero attached hydrogens (tertiary/aromatic N) is 4. The van der Waals surface area contributed by atoms with Crippen molar-refractivity contribution in [3.8, 4) is 0 Å². The van der Waals surface area contributed by atoms with Crippen LogP contribution in [0.25, 0.3) is 0 Å². The van der Waals surface area contributed by atoms with Gasteiger partial charge in [-0.15, -0.1) is 0 Å². The van der Waals surface area contributed by atoms with E-state index >= 15 is 0 Å². The molecule has 0 radical (unpaired) electrons. The fourth-order valence-corrected chi connectivity index (χ4v) is 4.77. The number of likely N-dealkylation sites (tertiary alicyclic amines) is 1. The molecule has 6 nitrogen and oxygen atoms in total. The van der Waals surface area contributed by atoms with E-state index < -0.39 is 0 Å². The van der Waals surface area contributed by atoms with E-state index in [1.165, 1.54) is 0 Å². The van der Waals surface area contributed by atoms with Crippen LogP contribution < -0.4 is 4.90 Å². The first-order valence-electron chi connectivity index (χ1n) is 11.0. The lowest BCUT2D eigenvalue weighted by molar-refractivity contribution is -0.137. The smallest absolute Gasteiger partial charge is 0.228 e. The summed E-state index contributed by atoms with van der Waals surface area (Å²) in [4.78, 5) is 36.1. The summed E-state index contributed by atoms with van der Waals surface area (Å²) in [6.45, 7) is 3.37. The molecule has 2 aromatic rings. The SMILES string of the molecule is CN(C(=O)C1CC(=O)N(c2cccc(Cl)c2)C1)C1CCN(CCc2ccccn2)CC1. The quantitative estimate of drug-likeness (QED) is 0.691. The zero-order chi connectivity index (χ0) is 21.8. The van der Waals surface area contributed by atoms with Crippen molar-refractivity contribution in [1.82, 2.24) is 14.8 Å². The summed E-state index contributed by atoms with van der Waals surface area (Å²) in [5, 5.41) is 0.590. The number of rotatable bonds is 6. The second kappa shape index (κ2) is 9.79. The van der Waals surface area contributed by atoms with Crippen molar-refractivity contribution in [2.24, 2.45) is 5.92 Å². The average molecular weight is 441 g/mol. The molecule has 7 heteroatoms. The summed E-state index contributed by atoms with van der Waals surface area (Å²) in [6.07, 6.45) is 4.97. The Bertz CT molecular complexity index is 915. The van der Waals surface area contributed by atoms with Gasteiger partial charge in [0.15, 0.2) is 0 Å². The summed E-state index contributed by atoms with van der Waals surface area (Å²) in [5.41, 5.74) is 1.88. The van der Waals surface area contributed by atoms with Gasteiger partial charge in [-0.2, -0.15) is 0 Å². The standard InChI is InChI=1S/C24H29ClN4O2/c1-27(21-9-13-28(14-10-21)12-8-20-6-2-3-11-26-20)24(31)18-15-23(30)29(17-18)22-7-4-5-19(25)16-22/h2-7,11,16,18,21H,8-10,12-15,17H2,1H3. The molecule has 31 heavy (non-hydrogen) atoms. The van der Waals surface area contributed by atoms with Crippen LogP contribution in [0.15, 0.2) is 48.7 Å². The first-order valence-corrected chi connectivity index (χ1v) is 11.3. The third-order valence-electron chi connectivity index (χ3n) is 6.46. The van der Waals surface area contributed by atoms with Gasteiger partial charge >= 0.3 is 0 Å². The molecule has 1 atom stereocenters. The molecule has 0 N–H and O–H groups in total. The van der Waals surface area contributed by atoms with E-state index in [0.29, 0.717) is 11.6 Å². The Hall–Kier alpha value is -2.44. The third kappa shape index (κ3) is 5.25. The maximum Gasteiger partial charge on any atom is 0.228 e. The largest absolute Gasteiger partial charge is 0.342 e. The zero-order valence-electron chi connectivity index (χ0n) is 17.9. The van der Waals surface area contributed by atoms with Crippen molar-refractivity contribution in [2.45, 2.75) is 31.7 Å². The lowest BCUT2D eigenvalue weighted by Crippen LogP contribution is -2.48. The van der Waals surface area contributed by atoms with E-state index in [1.54, 1.807) is 17.0 Å². The molecule has 1 aromatic heterocycles. The van der Waals surface area contributed by atoms with Crippen LogP contribution in [0.3, 0.4) is 0 Å². The Morgan fingerprint density at radius 1 is 1.19 bits per heavy atom. The van der Waals surface area contributed by atoms with Gasteiger partial charge in [-0.25, -0.2) is 0 Å². The van der Waals surface area contributed by atoms with Gasteiger partial charge in [0.1, 0.15) is 0 Å². The monoisotopic (exact) mass is 440 g/mol.